The Morgan fingerprint density at radius 3 is 1.71 bits per heavy atom. The first kappa shape index (κ1) is 19.0. The molecule has 1 aliphatic rings. The van der Waals surface area contributed by atoms with E-state index in [1.165, 1.54) is 57.8 Å². The summed E-state index contributed by atoms with van der Waals surface area (Å²) >= 11 is 0. The Morgan fingerprint density at radius 1 is 0.714 bits per heavy atom. The fraction of sp³-hybridized carbons (Fsp3) is 1.00. The van der Waals surface area contributed by atoms with E-state index in [0.29, 0.717) is 5.82 Å². The molecule has 1 heterocycles. The van der Waals surface area contributed by atoms with Crippen molar-refractivity contribution in [3.05, 3.63) is 0 Å². The summed E-state index contributed by atoms with van der Waals surface area (Å²) in [5.74, 6) is 0.563. The Hall–Kier alpha value is -0.0151. The Kier molecular flexibility index (Phi) is 7.77. The van der Waals surface area contributed by atoms with Crippen molar-refractivity contribution in [3.8, 4) is 0 Å². The Labute approximate surface area is 133 Å². The molecule has 21 heavy (non-hydrogen) atoms. The largest absolute Gasteiger partial charge is 0.461 e. The van der Waals surface area contributed by atoms with E-state index < -0.39 is 0 Å². The van der Waals surface area contributed by atoms with Crippen molar-refractivity contribution in [2.75, 3.05) is 0 Å². The van der Waals surface area contributed by atoms with Gasteiger partial charge in [0.1, 0.15) is 0 Å². The fourth-order valence-electron chi connectivity index (χ4n) is 2.97. The molecule has 1 aliphatic heterocycles. The zero-order chi connectivity index (χ0) is 15.9. The van der Waals surface area contributed by atoms with Crippen LogP contribution in [0.5, 0.6) is 0 Å². The molecular formula is C18H37BO2. The minimum absolute atomic E-state index is 0.00674. The quantitative estimate of drug-likeness (QED) is 0.363. The van der Waals surface area contributed by atoms with Crippen LogP contribution in [0.3, 0.4) is 0 Å². The molecule has 1 saturated heterocycles. The summed E-state index contributed by atoms with van der Waals surface area (Å²) in [6.07, 6.45) is 11.8. The molecule has 0 bridgehead atoms. The molecular weight excluding hydrogens is 259 g/mol. The molecule has 1 unspecified atom stereocenters. The monoisotopic (exact) mass is 296 g/mol. The van der Waals surface area contributed by atoms with Crippen molar-refractivity contribution < 1.29 is 9.31 Å². The van der Waals surface area contributed by atoms with Crippen LogP contribution in [0.4, 0.5) is 0 Å². The molecule has 0 aromatic carbocycles. The second-order valence-electron chi connectivity index (χ2n) is 7.73. The topological polar surface area (TPSA) is 18.5 Å². The molecule has 0 aromatic rings. The maximum atomic E-state index is 6.28. The highest BCUT2D eigenvalue weighted by Crippen LogP contribution is 2.42. The van der Waals surface area contributed by atoms with Gasteiger partial charge in [-0.15, -0.1) is 0 Å². The van der Waals surface area contributed by atoms with Crippen LogP contribution in [-0.4, -0.2) is 18.3 Å². The van der Waals surface area contributed by atoms with Gasteiger partial charge >= 0.3 is 7.12 Å². The third-order valence-electron chi connectivity index (χ3n) is 5.26. The Morgan fingerprint density at radius 2 is 1.19 bits per heavy atom. The molecule has 1 rings (SSSR count). The van der Waals surface area contributed by atoms with Gasteiger partial charge in [0.2, 0.25) is 0 Å². The zero-order valence-electron chi connectivity index (χ0n) is 15.3. The molecule has 0 amide bonds. The van der Waals surface area contributed by atoms with E-state index in [1.807, 2.05) is 0 Å². The lowest BCUT2D eigenvalue weighted by atomic mass is 9.66. The predicted octanol–water partition coefficient (Wildman–Crippen LogP) is 6.00. The second kappa shape index (κ2) is 8.57. The summed E-state index contributed by atoms with van der Waals surface area (Å²) in [6.45, 7) is 13.2. The maximum absolute atomic E-state index is 6.28. The zero-order valence-corrected chi connectivity index (χ0v) is 15.3. The van der Waals surface area contributed by atoms with Crippen LogP contribution in [-0.2, 0) is 9.31 Å². The van der Waals surface area contributed by atoms with E-state index in [4.69, 9.17) is 9.31 Å². The molecule has 124 valence electrons. The van der Waals surface area contributed by atoms with Gasteiger partial charge in [-0.25, -0.2) is 0 Å². The van der Waals surface area contributed by atoms with Gasteiger partial charge in [0, 0.05) is 0 Å². The normalized spacial score (nSPS) is 21.7. The third-order valence-corrected chi connectivity index (χ3v) is 5.26. The summed E-state index contributed by atoms with van der Waals surface area (Å²) in [5.41, 5.74) is -0.380. The van der Waals surface area contributed by atoms with E-state index in [9.17, 15) is 0 Å². The van der Waals surface area contributed by atoms with Crippen LogP contribution in [0, 0.1) is 0 Å². The summed E-state index contributed by atoms with van der Waals surface area (Å²) in [6, 6.07) is 0. The van der Waals surface area contributed by atoms with Gasteiger partial charge < -0.3 is 9.31 Å². The van der Waals surface area contributed by atoms with Crippen LogP contribution >= 0.6 is 0 Å². The van der Waals surface area contributed by atoms with Crippen LogP contribution in [0.2, 0.25) is 5.82 Å². The summed E-state index contributed by atoms with van der Waals surface area (Å²) < 4.78 is 12.6. The summed E-state index contributed by atoms with van der Waals surface area (Å²) in [7, 11) is -0.00674. The van der Waals surface area contributed by atoms with Crippen LogP contribution in [0.1, 0.15) is 99.3 Å². The highest BCUT2D eigenvalue weighted by molar-refractivity contribution is 6.47. The van der Waals surface area contributed by atoms with Gasteiger partial charge in [-0.05, 0) is 33.5 Å². The lowest BCUT2D eigenvalue weighted by molar-refractivity contribution is 0.00578. The van der Waals surface area contributed by atoms with Gasteiger partial charge in [0.25, 0.3) is 0 Å². The summed E-state index contributed by atoms with van der Waals surface area (Å²) in [4.78, 5) is 0. The van der Waals surface area contributed by atoms with Crippen molar-refractivity contribution in [1.29, 1.82) is 0 Å². The maximum Gasteiger partial charge on any atom is 0.461 e. The van der Waals surface area contributed by atoms with E-state index in [1.54, 1.807) is 0 Å². The molecule has 0 N–H and O–H groups in total. The third kappa shape index (κ3) is 5.60. The standard InChI is InChI=1S/C18H37BO2/c1-7-9-11-12-13-15-16(14-10-8-2)19-20-17(3,4)18(5,6)21-19/h16H,7-15H2,1-6H3. The van der Waals surface area contributed by atoms with Crippen LogP contribution < -0.4 is 0 Å². The number of hydrogen-bond acceptors (Lipinski definition) is 2. The Balaban J connectivity index is 2.50. The van der Waals surface area contributed by atoms with Crippen molar-refractivity contribution in [1.82, 2.24) is 0 Å². The highest BCUT2D eigenvalue weighted by Gasteiger charge is 2.53. The van der Waals surface area contributed by atoms with Gasteiger partial charge in [-0.2, -0.15) is 0 Å². The van der Waals surface area contributed by atoms with E-state index in [2.05, 4.69) is 41.5 Å². The average Bonchev–Trinajstić information content (AvgIpc) is 2.61. The first-order valence-corrected chi connectivity index (χ1v) is 9.19. The molecule has 0 radical (unpaired) electrons. The minimum Gasteiger partial charge on any atom is -0.403 e. The molecule has 0 spiro atoms. The van der Waals surface area contributed by atoms with Gasteiger partial charge in [-0.3, -0.25) is 0 Å². The molecule has 1 fully saturated rings. The van der Waals surface area contributed by atoms with Crippen molar-refractivity contribution in [2.24, 2.45) is 0 Å². The molecule has 3 heteroatoms. The van der Waals surface area contributed by atoms with Crippen molar-refractivity contribution >= 4 is 7.12 Å². The molecule has 0 aliphatic carbocycles. The molecule has 0 saturated carbocycles. The lowest BCUT2D eigenvalue weighted by Crippen LogP contribution is -2.41. The molecule has 1 atom stereocenters. The first-order chi connectivity index (χ1) is 9.84. The van der Waals surface area contributed by atoms with Crippen molar-refractivity contribution in [2.45, 2.75) is 116 Å². The second-order valence-corrected chi connectivity index (χ2v) is 7.73. The SMILES string of the molecule is CCCCCCCC(CCCC)B1OC(C)(C)C(C)(C)O1. The Bertz CT molecular complexity index is 273. The van der Waals surface area contributed by atoms with E-state index in [0.717, 1.165) is 0 Å². The van der Waals surface area contributed by atoms with Crippen molar-refractivity contribution in [3.63, 3.8) is 0 Å². The van der Waals surface area contributed by atoms with Gasteiger partial charge in [0.05, 0.1) is 11.2 Å². The molecule has 2 nitrogen and oxygen atoms in total. The fourth-order valence-corrected chi connectivity index (χ4v) is 2.97. The summed E-state index contributed by atoms with van der Waals surface area (Å²) in [5, 5.41) is 0. The van der Waals surface area contributed by atoms with Crippen LogP contribution in [0.25, 0.3) is 0 Å². The van der Waals surface area contributed by atoms with Gasteiger partial charge in [-0.1, -0.05) is 71.6 Å². The predicted molar refractivity (Wildman–Crippen MR) is 92.7 cm³/mol. The van der Waals surface area contributed by atoms with E-state index >= 15 is 0 Å². The molecule has 0 aromatic heterocycles. The number of rotatable bonds is 10. The van der Waals surface area contributed by atoms with E-state index in [-0.39, 0.29) is 18.3 Å². The van der Waals surface area contributed by atoms with Gasteiger partial charge in [0.15, 0.2) is 0 Å². The number of unbranched alkanes of at least 4 members (excludes halogenated alkanes) is 5. The highest BCUT2D eigenvalue weighted by atomic mass is 16.7. The lowest BCUT2D eigenvalue weighted by Gasteiger charge is -2.32. The average molecular weight is 296 g/mol. The number of hydrogen-bond donors (Lipinski definition) is 0. The first-order valence-electron chi connectivity index (χ1n) is 9.19. The minimum atomic E-state index is -0.190. The van der Waals surface area contributed by atoms with Crippen LogP contribution in [0.15, 0.2) is 0 Å². The smallest absolute Gasteiger partial charge is 0.403 e.